The van der Waals surface area contributed by atoms with Gasteiger partial charge >= 0.3 is 24.5 Å². The standard InChI is InChI=1S/C8H3F6NO4/c1-18-5(16)3(2-15)4(7(9,10)11)6(17)19-8(12,13)14/h1H3/b4-3+. The van der Waals surface area contributed by atoms with Crippen LogP contribution in [0.5, 0.6) is 0 Å². The van der Waals surface area contributed by atoms with E-state index in [0.717, 1.165) is 0 Å². The maximum absolute atomic E-state index is 12.4. The predicted molar refractivity (Wildman–Crippen MR) is 42.9 cm³/mol. The number of hydrogen-bond acceptors (Lipinski definition) is 5. The van der Waals surface area contributed by atoms with Crippen LogP contribution in [-0.2, 0) is 19.1 Å². The van der Waals surface area contributed by atoms with Crippen LogP contribution in [0.15, 0.2) is 11.1 Å². The number of hydrogen-bond donors (Lipinski definition) is 0. The van der Waals surface area contributed by atoms with Gasteiger partial charge in [-0.3, -0.25) is 0 Å². The van der Waals surface area contributed by atoms with Gasteiger partial charge in [0.1, 0.15) is 6.07 Å². The maximum atomic E-state index is 12.4. The number of esters is 2. The van der Waals surface area contributed by atoms with Crippen LogP contribution in [0.25, 0.3) is 0 Å². The number of carbonyl (C=O) groups is 2. The van der Waals surface area contributed by atoms with Gasteiger partial charge in [0.25, 0.3) is 0 Å². The van der Waals surface area contributed by atoms with Crippen LogP contribution >= 0.6 is 0 Å². The van der Waals surface area contributed by atoms with E-state index < -0.39 is 35.6 Å². The summed E-state index contributed by atoms with van der Waals surface area (Å²) in [5, 5.41) is 8.31. The van der Waals surface area contributed by atoms with E-state index in [0.29, 0.717) is 13.2 Å². The Morgan fingerprint density at radius 2 is 1.53 bits per heavy atom. The van der Waals surface area contributed by atoms with Crippen molar-refractivity contribution in [2.24, 2.45) is 0 Å². The number of nitrogens with zero attached hydrogens (tertiary/aromatic N) is 1. The van der Waals surface area contributed by atoms with E-state index in [-0.39, 0.29) is 0 Å². The van der Waals surface area contributed by atoms with E-state index in [1.165, 1.54) is 0 Å². The third-order valence-electron chi connectivity index (χ3n) is 1.45. The molecule has 106 valence electrons. The number of carbonyl (C=O) groups excluding carboxylic acids is 2. The summed E-state index contributed by atoms with van der Waals surface area (Å²) in [6.07, 6.45) is -11.4. The van der Waals surface area contributed by atoms with Gasteiger partial charge in [-0.05, 0) is 0 Å². The molecule has 0 aromatic heterocycles. The highest BCUT2D eigenvalue weighted by Crippen LogP contribution is 2.31. The van der Waals surface area contributed by atoms with Crippen LogP contribution in [0.2, 0.25) is 0 Å². The minimum absolute atomic E-state index is 0.572. The highest BCUT2D eigenvalue weighted by atomic mass is 19.4. The van der Waals surface area contributed by atoms with Gasteiger partial charge in [0, 0.05) is 0 Å². The van der Waals surface area contributed by atoms with Crippen molar-refractivity contribution in [3.05, 3.63) is 11.1 Å². The first-order chi connectivity index (χ1) is 8.44. The molecule has 0 rings (SSSR count). The smallest absolute Gasteiger partial charge is 0.465 e. The quantitative estimate of drug-likeness (QED) is 0.334. The van der Waals surface area contributed by atoms with E-state index in [2.05, 4.69) is 9.47 Å². The average molecular weight is 291 g/mol. The lowest BCUT2D eigenvalue weighted by Crippen LogP contribution is -2.30. The van der Waals surface area contributed by atoms with Gasteiger partial charge < -0.3 is 9.47 Å². The van der Waals surface area contributed by atoms with Crippen LogP contribution in [0.4, 0.5) is 26.3 Å². The molecule has 0 aromatic carbocycles. The first kappa shape index (κ1) is 16.8. The van der Waals surface area contributed by atoms with Crippen molar-refractivity contribution < 1.29 is 45.4 Å². The largest absolute Gasteiger partial charge is 0.575 e. The van der Waals surface area contributed by atoms with E-state index in [4.69, 9.17) is 5.26 Å². The van der Waals surface area contributed by atoms with E-state index in [9.17, 15) is 35.9 Å². The molecule has 0 amide bonds. The van der Waals surface area contributed by atoms with Gasteiger partial charge in [0.05, 0.1) is 7.11 Å². The maximum Gasteiger partial charge on any atom is 0.575 e. The molecule has 0 aliphatic carbocycles. The SMILES string of the molecule is COC(=O)/C(C#N)=C(\C(=O)OC(F)(F)F)C(F)(F)F. The zero-order valence-corrected chi connectivity index (χ0v) is 8.85. The Morgan fingerprint density at radius 3 is 1.79 bits per heavy atom. The van der Waals surface area contributed by atoms with Crippen molar-refractivity contribution in [1.82, 2.24) is 0 Å². The van der Waals surface area contributed by atoms with Gasteiger partial charge in [-0.1, -0.05) is 0 Å². The van der Waals surface area contributed by atoms with Crippen LogP contribution in [0.3, 0.4) is 0 Å². The molecule has 0 aliphatic rings. The average Bonchev–Trinajstić information content (AvgIpc) is 2.19. The van der Waals surface area contributed by atoms with E-state index in [1.54, 1.807) is 0 Å². The van der Waals surface area contributed by atoms with Crippen molar-refractivity contribution >= 4 is 11.9 Å². The third-order valence-corrected chi connectivity index (χ3v) is 1.45. The molecule has 0 saturated heterocycles. The number of ether oxygens (including phenoxy) is 2. The Balaban J connectivity index is 5.86. The van der Waals surface area contributed by atoms with E-state index >= 15 is 0 Å². The fourth-order valence-corrected chi connectivity index (χ4v) is 0.821. The summed E-state index contributed by atoms with van der Waals surface area (Å²) >= 11 is 0. The van der Waals surface area contributed by atoms with E-state index in [1.807, 2.05) is 0 Å². The van der Waals surface area contributed by atoms with Gasteiger partial charge in [-0.2, -0.15) is 18.4 Å². The predicted octanol–water partition coefficient (Wildman–Crippen LogP) is 1.60. The molecule has 0 fully saturated rings. The second-order valence-corrected chi connectivity index (χ2v) is 2.69. The van der Waals surface area contributed by atoms with Crippen LogP contribution in [0.1, 0.15) is 0 Å². The summed E-state index contributed by atoms with van der Waals surface area (Å²) < 4.78 is 78.5. The van der Waals surface area contributed by atoms with Crippen LogP contribution < -0.4 is 0 Å². The molecule has 0 N–H and O–H groups in total. The molecule has 0 atom stereocenters. The van der Waals surface area contributed by atoms with Crippen LogP contribution in [0, 0.1) is 11.3 Å². The molecule has 0 unspecified atom stereocenters. The van der Waals surface area contributed by atoms with Crippen molar-refractivity contribution in [2.75, 3.05) is 7.11 Å². The molecule has 0 aliphatic heterocycles. The molecule has 19 heavy (non-hydrogen) atoms. The van der Waals surface area contributed by atoms with Crippen molar-refractivity contribution in [2.45, 2.75) is 12.5 Å². The molecule has 0 radical (unpaired) electrons. The Hall–Kier alpha value is -2.25. The topological polar surface area (TPSA) is 76.4 Å². The molecule has 5 nitrogen and oxygen atoms in total. The number of halogens is 6. The van der Waals surface area contributed by atoms with Crippen LogP contribution in [-0.4, -0.2) is 31.6 Å². The zero-order valence-electron chi connectivity index (χ0n) is 8.85. The number of alkyl halides is 6. The molecule has 11 heteroatoms. The van der Waals surface area contributed by atoms with Crippen molar-refractivity contribution in [1.29, 1.82) is 5.26 Å². The normalized spacial score (nSPS) is 13.2. The second kappa shape index (κ2) is 5.59. The Kier molecular flexibility index (Phi) is 4.93. The lowest BCUT2D eigenvalue weighted by molar-refractivity contribution is -0.305. The van der Waals surface area contributed by atoms with Gasteiger partial charge in [-0.15, -0.1) is 13.2 Å². The number of rotatable bonds is 2. The third kappa shape index (κ3) is 4.86. The molecular formula is C8H3F6NO4. The molecule has 0 aromatic rings. The summed E-state index contributed by atoms with van der Waals surface area (Å²) in [7, 11) is 0.572. The zero-order chi connectivity index (χ0) is 15.4. The minimum Gasteiger partial charge on any atom is -0.465 e. The summed E-state index contributed by atoms with van der Waals surface area (Å²) in [5.41, 5.74) is -4.64. The lowest BCUT2D eigenvalue weighted by Gasteiger charge is -2.13. The van der Waals surface area contributed by atoms with Gasteiger partial charge in [0.15, 0.2) is 11.1 Å². The number of nitriles is 1. The molecular weight excluding hydrogens is 288 g/mol. The van der Waals surface area contributed by atoms with Gasteiger partial charge in [-0.25, -0.2) is 9.59 Å². The molecule has 0 saturated carbocycles. The monoisotopic (exact) mass is 291 g/mol. The van der Waals surface area contributed by atoms with Crippen molar-refractivity contribution in [3.8, 4) is 6.07 Å². The molecule has 0 bridgehead atoms. The van der Waals surface area contributed by atoms with Gasteiger partial charge in [0.2, 0.25) is 0 Å². The highest BCUT2D eigenvalue weighted by Gasteiger charge is 2.48. The first-order valence-electron chi connectivity index (χ1n) is 4.04. The Morgan fingerprint density at radius 1 is 1.05 bits per heavy atom. The highest BCUT2D eigenvalue weighted by molar-refractivity contribution is 6.04. The summed E-state index contributed by atoms with van der Waals surface area (Å²) in [4.78, 5) is 21.6. The Bertz CT molecular complexity index is 455. The summed E-state index contributed by atoms with van der Waals surface area (Å²) in [6.45, 7) is 0. The Labute approximate surface area is 101 Å². The molecule has 0 spiro atoms. The summed E-state index contributed by atoms with van der Waals surface area (Å²) in [5.74, 6) is -4.85. The second-order valence-electron chi connectivity index (χ2n) is 2.69. The number of methoxy groups -OCH3 is 1. The fourth-order valence-electron chi connectivity index (χ4n) is 0.821. The molecule has 0 heterocycles. The minimum atomic E-state index is -5.71. The first-order valence-corrected chi connectivity index (χ1v) is 4.04. The van der Waals surface area contributed by atoms with Crippen molar-refractivity contribution in [3.63, 3.8) is 0 Å². The summed E-state index contributed by atoms with van der Waals surface area (Å²) in [6, 6.07) is 0.643. The fraction of sp³-hybridized carbons (Fsp3) is 0.375. The lowest BCUT2D eigenvalue weighted by atomic mass is 10.1.